The number of aromatic nitrogens is 3. The predicted octanol–water partition coefficient (Wildman–Crippen LogP) is 14.8. The van der Waals surface area contributed by atoms with Crippen LogP contribution in [0.15, 0.2) is 229 Å². The molecule has 0 atom stereocenters. The monoisotopic (exact) mass is 767 g/mol. The fourth-order valence-corrected chi connectivity index (χ4v) is 8.48. The molecule has 11 rings (SSSR count). The Hall–Kier alpha value is -8.08. The van der Waals surface area contributed by atoms with E-state index in [9.17, 15) is 0 Å². The van der Waals surface area contributed by atoms with Crippen LogP contribution in [0, 0.1) is 0 Å². The summed E-state index contributed by atoms with van der Waals surface area (Å²) in [6, 6.07) is 79.6. The average Bonchev–Trinajstić information content (AvgIpc) is 3.96. The van der Waals surface area contributed by atoms with Crippen molar-refractivity contribution in [1.29, 1.82) is 0 Å². The first kappa shape index (κ1) is 35.1. The third kappa shape index (κ3) is 6.37. The summed E-state index contributed by atoms with van der Waals surface area (Å²) in [5.74, 6) is 1.00. The van der Waals surface area contributed by atoms with Crippen LogP contribution < -0.4 is 0 Å². The lowest BCUT2D eigenvalue weighted by Gasteiger charge is -2.15. The summed E-state index contributed by atoms with van der Waals surface area (Å²) in [6.07, 6.45) is 0. The van der Waals surface area contributed by atoms with Gasteiger partial charge in [0.05, 0.1) is 11.0 Å². The normalized spacial score (nSPS) is 11.3. The second-order valence-corrected chi connectivity index (χ2v) is 15.0. The zero-order valence-corrected chi connectivity index (χ0v) is 32.6. The van der Waals surface area contributed by atoms with Gasteiger partial charge in [0.25, 0.3) is 0 Å². The molecule has 0 spiro atoms. The second-order valence-electron chi connectivity index (χ2n) is 15.0. The third-order valence-electron chi connectivity index (χ3n) is 11.4. The summed E-state index contributed by atoms with van der Waals surface area (Å²) in [6.45, 7) is 0. The molecule has 0 saturated heterocycles. The highest BCUT2D eigenvalue weighted by Crippen LogP contribution is 2.42. The zero-order valence-electron chi connectivity index (χ0n) is 32.6. The van der Waals surface area contributed by atoms with Crippen molar-refractivity contribution in [2.45, 2.75) is 0 Å². The molecule has 2 heterocycles. The maximum atomic E-state index is 6.07. The Kier molecular flexibility index (Phi) is 8.79. The van der Waals surface area contributed by atoms with Crippen molar-refractivity contribution in [2.75, 3.05) is 0 Å². The molecule has 9 aromatic carbocycles. The molecule has 0 saturated carbocycles. The average molecular weight is 768 g/mol. The largest absolute Gasteiger partial charge is 0.416 e. The molecular weight excluding hydrogens is 731 g/mol. The number of rotatable bonds is 8. The number of hydrogen-bond donors (Lipinski definition) is 0. The minimum Gasteiger partial charge on any atom is -0.416 e. The highest BCUT2D eigenvalue weighted by atomic mass is 16.4. The zero-order chi connectivity index (χ0) is 39.8. The third-order valence-corrected chi connectivity index (χ3v) is 11.4. The molecule has 0 unspecified atom stereocenters. The highest BCUT2D eigenvalue weighted by molar-refractivity contribution is 6.12. The smallest absolute Gasteiger partial charge is 0.248 e. The van der Waals surface area contributed by atoms with E-state index in [0.29, 0.717) is 11.8 Å². The van der Waals surface area contributed by atoms with E-state index < -0.39 is 0 Å². The molecule has 4 heteroatoms. The lowest BCUT2D eigenvalue weighted by molar-refractivity contribution is 0.584. The van der Waals surface area contributed by atoms with E-state index in [1.54, 1.807) is 0 Å². The van der Waals surface area contributed by atoms with Crippen LogP contribution >= 0.6 is 0 Å². The summed E-state index contributed by atoms with van der Waals surface area (Å²) in [5.41, 5.74) is 17.0. The van der Waals surface area contributed by atoms with Crippen molar-refractivity contribution in [3.63, 3.8) is 0 Å². The minimum atomic E-state index is 0.496. The van der Waals surface area contributed by atoms with E-state index in [-0.39, 0.29) is 0 Å². The van der Waals surface area contributed by atoms with Crippen molar-refractivity contribution in [3.8, 4) is 84.2 Å². The molecule has 4 nitrogen and oxygen atoms in total. The predicted molar refractivity (Wildman–Crippen MR) is 247 cm³/mol. The minimum absolute atomic E-state index is 0.496. The molecule has 0 amide bonds. The van der Waals surface area contributed by atoms with Gasteiger partial charge in [-0.1, -0.05) is 164 Å². The standard InChI is InChI=1S/C56H37N3O/c1-4-14-38(15-5-1)39-24-26-40(27-25-39)44-32-34-53-51(36-44)52-37-45(33-35-54(52)59(53)46-18-8-3-9-19-46)48-21-11-13-23-50(48)49-22-12-10-20-47(49)41-28-30-43(31-29-41)56-58-57-55(60-56)42-16-6-2-7-17-42/h1-37H. The Morgan fingerprint density at radius 3 is 1.23 bits per heavy atom. The van der Waals surface area contributed by atoms with Crippen LogP contribution in [-0.4, -0.2) is 14.8 Å². The van der Waals surface area contributed by atoms with Crippen molar-refractivity contribution in [2.24, 2.45) is 0 Å². The molecule has 0 fully saturated rings. The molecule has 0 bridgehead atoms. The molecule has 2 aromatic heterocycles. The van der Waals surface area contributed by atoms with Gasteiger partial charge < -0.3 is 8.98 Å². The van der Waals surface area contributed by atoms with Crippen LogP contribution in [0.25, 0.3) is 106 Å². The lowest BCUT2D eigenvalue weighted by atomic mass is 9.89. The molecule has 0 aliphatic rings. The van der Waals surface area contributed by atoms with E-state index in [2.05, 4.69) is 209 Å². The van der Waals surface area contributed by atoms with E-state index in [1.165, 1.54) is 60.8 Å². The summed E-state index contributed by atoms with van der Waals surface area (Å²) < 4.78 is 8.45. The molecule has 60 heavy (non-hydrogen) atoms. The molecule has 282 valence electrons. The quantitative estimate of drug-likeness (QED) is 0.155. The van der Waals surface area contributed by atoms with Gasteiger partial charge in [-0.2, -0.15) is 0 Å². The van der Waals surface area contributed by atoms with Gasteiger partial charge in [-0.15, -0.1) is 10.2 Å². The van der Waals surface area contributed by atoms with Gasteiger partial charge in [0.1, 0.15) is 0 Å². The van der Waals surface area contributed by atoms with Gasteiger partial charge in [-0.25, -0.2) is 0 Å². The summed E-state index contributed by atoms with van der Waals surface area (Å²) in [5, 5.41) is 11.1. The van der Waals surface area contributed by atoms with Gasteiger partial charge in [-0.3, -0.25) is 0 Å². The van der Waals surface area contributed by atoms with Crippen LogP contribution in [-0.2, 0) is 0 Å². The van der Waals surface area contributed by atoms with Gasteiger partial charge in [0.2, 0.25) is 11.8 Å². The number of benzene rings is 9. The maximum absolute atomic E-state index is 6.07. The topological polar surface area (TPSA) is 43.9 Å². The van der Waals surface area contributed by atoms with E-state index in [0.717, 1.165) is 33.5 Å². The molecule has 0 aliphatic carbocycles. The van der Waals surface area contributed by atoms with Crippen LogP contribution in [0.4, 0.5) is 0 Å². The maximum Gasteiger partial charge on any atom is 0.248 e. The van der Waals surface area contributed by atoms with Crippen LogP contribution in [0.1, 0.15) is 0 Å². The fraction of sp³-hybridized carbons (Fsp3) is 0. The Morgan fingerprint density at radius 1 is 0.283 bits per heavy atom. The molecule has 11 aromatic rings. The van der Waals surface area contributed by atoms with E-state index in [1.807, 2.05) is 30.3 Å². The van der Waals surface area contributed by atoms with Crippen molar-refractivity contribution >= 4 is 21.8 Å². The van der Waals surface area contributed by atoms with E-state index >= 15 is 0 Å². The first-order valence-electron chi connectivity index (χ1n) is 20.2. The molecule has 0 aliphatic heterocycles. The van der Waals surface area contributed by atoms with Gasteiger partial charge in [-0.05, 0) is 116 Å². The number of para-hydroxylation sites is 1. The first-order valence-corrected chi connectivity index (χ1v) is 20.2. The van der Waals surface area contributed by atoms with Crippen molar-refractivity contribution < 1.29 is 4.42 Å². The molecule has 0 radical (unpaired) electrons. The van der Waals surface area contributed by atoms with Gasteiger partial charge in [0.15, 0.2) is 0 Å². The summed E-state index contributed by atoms with van der Waals surface area (Å²) >= 11 is 0. The molecule has 0 N–H and O–H groups in total. The first-order chi connectivity index (χ1) is 29.7. The van der Waals surface area contributed by atoms with Crippen LogP contribution in [0.5, 0.6) is 0 Å². The number of fused-ring (bicyclic) bond motifs is 3. The van der Waals surface area contributed by atoms with Crippen molar-refractivity contribution in [1.82, 2.24) is 14.8 Å². The Morgan fingerprint density at radius 2 is 0.650 bits per heavy atom. The number of nitrogens with zero attached hydrogens (tertiary/aromatic N) is 3. The second kappa shape index (κ2) is 15.0. The summed E-state index contributed by atoms with van der Waals surface area (Å²) in [4.78, 5) is 0. The Bertz CT molecular complexity index is 3280. The number of hydrogen-bond acceptors (Lipinski definition) is 3. The Balaban J connectivity index is 0.992. The van der Waals surface area contributed by atoms with Gasteiger partial charge >= 0.3 is 0 Å². The van der Waals surface area contributed by atoms with Crippen molar-refractivity contribution in [3.05, 3.63) is 224 Å². The lowest BCUT2D eigenvalue weighted by Crippen LogP contribution is -1.93. The SMILES string of the molecule is c1ccc(-c2ccc(-c3ccc4c(c3)c3cc(-c5ccccc5-c5ccccc5-c5ccc(-c6nnc(-c7ccccc7)o6)cc5)ccc3n4-c3ccccc3)cc2)cc1. The summed E-state index contributed by atoms with van der Waals surface area (Å²) in [7, 11) is 0. The molecular formula is C56H37N3O. The highest BCUT2D eigenvalue weighted by Gasteiger charge is 2.18. The van der Waals surface area contributed by atoms with E-state index in [4.69, 9.17) is 4.42 Å². The van der Waals surface area contributed by atoms with Crippen LogP contribution in [0.3, 0.4) is 0 Å². The van der Waals surface area contributed by atoms with Crippen LogP contribution in [0.2, 0.25) is 0 Å². The Labute approximate surface area is 348 Å². The van der Waals surface area contributed by atoms with Gasteiger partial charge in [0, 0.05) is 27.6 Å². The fourth-order valence-electron chi connectivity index (χ4n) is 8.48.